The zero-order valence-corrected chi connectivity index (χ0v) is 20.7. The first-order valence-corrected chi connectivity index (χ1v) is 12.7. The molecule has 33 heavy (non-hydrogen) atoms. The molecule has 4 nitrogen and oxygen atoms in total. The molecule has 0 heterocycles. The van der Waals surface area contributed by atoms with E-state index >= 15 is 0 Å². The van der Waals surface area contributed by atoms with Crippen LogP contribution in [0, 0.1) is 38.9 Å². The van der Waals surface area contributed by atoms with Gasteiger partial charge in [0.15, 0.2) is 5.76 Å². The average Bonchev–Trinajstić information content (AvgIpc) is 3.47. The Balaban J connectivity index is 1.48. The molecule has 1 amide bonds. The van der Waals surface area contributed by atoms with Gasteiger partial charge in [0.1, 0.15) is 0 Å². The first-order chi connectivity index (χ1) is 15.3. The second-order valence-electron chi connectivity index (χ2n) is 13.2. The quantitative estimate of drug-likeness (QED) is 0.540. The van der Waals surface area contributed by atoms with E-state index in [1.807, 2.05) is 6.92 Å². The lowest BCUT2D eigenvalue weighted by Gasteiger charge is -2.69. The van der Waals surface area contributed by atoms with Gasteiger partial charge >= 0.3 is 0 Å². The highest BCUT2D eigenvalue weighted by Gasteiger charge is 2.73. The highest BCUT2D eigenvalue weighted by atomic mass is 16.3. The average molecular weight is 448 g/mol. The number of primary amides is 1. The summed E-state index contributed by atoms with van der Waals surface area (Å²) in [5, 5.41) is 10.3. The van der Waals surface area contributed by atoms with Crippen molar-refractivity contribution in [1.82, 2.24) is 0 Å². The third-order valence-corrected chi connectivity index (χ3v) is 12.0. The molecule has 4 fully saturated rings. The molecule has 7 atom stereocenters. The van der Waals surface area contributed by atoms with E-state index in [0.717, 1.165) is 49.7 Å². The normalized spacial score (nSPS) is 50.0. The number of ketones is 1. The predicted molar refractivity (Wildman–Crippen MR) is 128 cm³/mol. The minimum absolute atomic E-state index is 0.00618. The van der Waals surface area contributed by atoms with Crippen molar-refractivity contribution in [3.63, 3.8) is 0 Å². The van der Waals surface area contributed by atoms with E-state index in [1.165, 1.54) is 12.0 Å². The van der Waals surface area contributed by atoms with Gasteiger partial charge in [0.05, 0.1) is 5.41 Å². The Hall–Kier alpha value is -2.10. The fourth-order valence-electron chi connectivity index (χ4n) is 9.52. The molecule has 0 saturated heterocycles. The summed E-state index contributed by atoms with van der Waals surface area (Å²) in [5.41, 5.74) is 10.1. The van der Waals surface area contributed by atoms with E-state index in [4.69, 9.17) is 5.73 Å². The lowest BCUT2D eigenvalue weighted by atomic mass is 9.35. The topological polar surface area (TPSA) is 80.4 Å². The van der Waals surface area contributed by atoms with Crippen LogP contribution in [0.25, 0.3) is 0 Å². The van der Waals surface area contributed by atoms with Gasteiger partial charge in [-0.3, -0.25) is 9.59 Å². The molecule has 6 aliphatic carbocycles. The number of allylic oxidation sites excluding steroid dienone is 7. The van der Waals surface area contributed by atoms with Gasteiger partial charge < -0.3 is 10.8 Å². The Labute approximate surface area is 197 Å². The number of fused-ring (bicyclic) bond motifs is 8. The van der Waals surface area contributed by atoms with E-state index < -0.39 is 0 Å². The van der Waals surface area contributed by atoms with Crippen LogP contribution in [0.2, 0.25) is 0 Å². The molecule has 0 spiro atoms. The Morgan fingerprint density at radius 1 is 1.03 bits per heavy atom. The zero-order chi connectivity index (χ0) is 23.8. The third kappa shape index (κ3) is 2.29. The molecule has 0 aromatic carbocycles. The number of rotatable bonds is 1. The summed E-state index contributed by atoms with van der Waals surface area (Å²) >= 11 is 0. The fourth-order valence-corrected chi connectivity index (χ4v) is 9.52. The molecule has 0 aliphatic heterocycles. The highest BCUT2D eigenvalue weighted by molar-refractivity contribution is 6.06. The van der Waals surface area contributed by atoms with Crippen molar-refractivity contribution in [3.8, 4) is 0 Å². The van der Waals surface area contributed by atoms with Crippen molar-refractivity contribution >= 4 is 11.7 Å². The van der Waals surface area contributed by atoms with E-state index in [1.54, 1.807) is 6.08 Å². The maximum absolute atomic E-state index is 12.6. The summed E-state index contributed by atoms with van der Waals surface area (Å²) in [7, 11) is 0. The van der Waals surface area contributed by atoms with Crippen molar-refractivity contribution in [2.24, 2.45) is 44.6 Å². The largest absolute Gasteiger partial charge is 0.504 e. The van der Waals surface area contributed by atoms with Crippen LogP contribution in [-0.4, -0.2) is 16.8 Å². The molecule has 1 unspecified atom stereocenters. The molecule has 0 radical (unpaired) electrons. The fraction of sp³-hybridized carbons (Fsp3) is 0.655. The van der Waals surface area contributed by atoms with Crippen molar-refractivity contribution in [2.45, 2.75) is 79.6 Å². The first kappa shape index (κ1) is 21.4. The van der Waals surface area contributed by atoms with E-state index in [-0.39, 0.29) is 44.5 Å². The molecule has 6 aliphatic rings. The van der Waals surface area contributed by atoms with Gasteiger partial charge in [0, 0.05) is 11.0 Å². The van der Waals surface area contributed by atoms with Crippen LogP contribution in [-0.2, 0) is 9.59 Å². The number of nitrogens with two attached hydrogens (primary N) is 1. The van der Waals surface area contributed by atoms with Crippen molar-refractivity contribution in [2.75, 3.05) is 0 Å². The summed E-state index contributed by atoms with van der Waals surface area (Å²) in [4.78, 5) is 25.1. The molecule has 6 rings (SSSR count). The van der Waals surface area contributed by atoms with Crippen LogP contribution < -0.4 is 5.73 Å². The van der Waals surface area contributed by atoms with Crippen LogP contribution in [0.5, 0.6) is 0 Å². The minimum Gasteiger partial charge on any atom is -0.504 e. The number of carbonyl (C=O) groups excluding carboxylic acids is 2. The standard InChI is InChI=1S/C29H37NO3/c1-16-18-6-7-21-26(3,19(18)12-20(31)23(16)32)9-11-28(5)22-15-29(24(30)33)14-17(29)13-25(22,2)8-10-27(21,28)4/h6-7,12,17,22,32H,8-11,13-15H2,1-5H3,(H2,30,33)/t17?,22-,25+,26+,27-,28+,29+/m1/s1. The summed E-state index contributed by atoms with van der Waals surface area (Å²) in [5.74, 6) is 0.483. The van der Waals surface area contributed by atoms with Crippen LogP contribution >= 0.6 is 0 Å². The number of carbonyl (C=O) groups is 2. The lowest BCUT2D eigenvalue weighted by Crippen LogP contribution is -2.61. The van der Waals surface area contributed by atoms with Crippen LogP contribution in [0.1, 0.15) is 79.6 Å². The Morgan fingerprint density at radius 3 is 2.45 bits per heavy atom. The number of aliphatic hydroxyl groups is 1. The number of hydrogen-bond donors (Lipinski definition) is 2. The van der Waals surface area contributed by atoms with E-state index in [2.05, 4.69) is 39.8 Å². The molecule has 176 valence electrons. The Bertz CT molecular complexity index is 1160. The second kappa shape index (κ2) is 5.93. The molecule has 0 aromatic rings. The summed E-state index contributed by atoms with van der Waals surface area (Å²) in [6.45, 7) is 11.6. The monoisotopic (exact) mass is 447 g/mol. The van der Waals surface area contributed by atoms with Gasteiger partial charge in [-0.1, -0.05) is 45.4 Å². The molecule has 4 saturated carbocycles. The molecule has 4 heteroatoms. The Kier molecular flexibility index (Phi) is 3.85. The van der Waals surface area contributed by atoms with Gasteiger partial charge in [0.25, 0.3) is 0 Å². The second-order valence-corrected chi connectivity index (χ2v) is 13.2. The van der Waals surface area contributed by atoms with Crippen LogP contribution in [0.4, 0.5) is 0 Å². The highest BCUT2D eigenvalue weighted by Crippen LogP contribution is 2.79. The van der Waals surface area contributed by atoms with Gasteiger partial charge in [-0.05, 0) is 97.2 Å². The third-order valence-electron chi connectivity index (χ3n) is 12.0. The van der Waals surface area contributed by atoms with Crippen molar-refractivity contribution in [1.29, 1.82) is 0 Å². The van der Waals surface area contributed by atoms with Crippen molar-refractivity contribution in [3.05, 3.63) is 46.3 Å². The Morgan fingerprint density at radius 2 is 1.76 bits per heavy atom. The zero-order valence-electron chi connectivity index (χ0n) is 20.7. The summed E-state index contributed by atoms with van der Waals surface area (Å²) in [6.07, 6.45) is 13.6. The van der Waals surface area contributed by atoms with Crippen molar-refractivity contribution < 1.29 is 14.7 Å². The molecule has 0 aromatic heterocycles. The number of amides is 1. The van der Waals surface area contributed by atoms with Gasteiger partial charge in [0.2, 0.25) is 11.7 Å². The SMILES string of the molecule is CC1=C(O)C(=O)C=C2C1=CC=C1[C@@]2(C)CC[C@@]2(C)[C@@H]3C[C@@]4(C(N)=O)CC4C[C@]3(C)CC[C@]12C. The van der Waals surface area contributed by atoms with E-state index in [0.29, 0.717) is 17.4 Å². The summed E-state index contributed by atoms with van der Waals surface area (Å²) < 4.78 is 0. The summed E-state index contributed by atoms with van der Waals surface area (Å²) in [6, 6.07) is 0. The molecular formula is C29H37NO3. The van der Waals surface area contributed by atoms with Crippen LogP contribution in [0.15, 0.2) is 46.3 Å². The van der Waals surface area contributed by atoms with E-state index in [9.17, 15) is 14.7 Å². The van der Waals surface area contributed by atoms with Gasteiger partial charge in [-0.2, -0.15) is 0 Å². The van der Waals surface area contributed by atoms with Gasteiger partial charge in [-0.25, -0.2) is 0 Å². The number of aliphatic hydroxyl groups excluding tert-OH is 1. The predicted octanol–water partition coefficient (Wildman–Crippen LogP) is 5.71. The maximum atomic E-state index is 12.6. The minimum atomic E-state index is -0.271. The number of hydrogen-bond acceptors (Lipinski definition) is 3. The maximum Gasteiger partial charge on any atom is 0.223 e. The molecular weight excluding hydrogens is 410 g/mol. The van der Waals surface area contributed by atoms with Gasteiger partial charge in [-0.15, -0.1) is 0 Å². The molecule has 0 bridgehead atoms. The smallest absolute Gasteiger partial charge is 0.223 e. The molecule has 3 N–H and O–H groups in total. The first-order valence-electron chi connectivity index (χ1n) is 12.7. The van der Waals surface area contributed by atoms with Crippen LogP contribution in [0.3, 0.4) is 0 Å². The lowest BCUT2D eigenvalue weighted by molar-refractivity contribution is -0.157.